The molecule has 1 unspecified atom stereocenters. The van der Waals surface area contributed by atoms with E-state index in [0.717, 1.165) is 0 Å². The molecule has 0 fully saturated rings. The minimum atomic E-state index is -2.43. The molecule has 0 bridgehead atoms. The van der Waals surface area contributed by atoms with Gasteiger partial charge in [-0.3, -0.25) is 0 Å². The SMILES string of the molecule is C=CC.C=CCO[P+](=O)O. The summed E-state index contributed by atoms with van der Waals surface area (Å²) in [6.07, 6.45) is 3.16. The maximum atomic E-state index is 9.64. The molecule has 0 aromatic rings. The molecule has 0 spiro atoms. The van der Waals surface area contributed by atoms with Crippen LogP contribution in [0.1, 0.15) is 6.92 Å². The molecule has 0 aliphatic carbocycles. The van der Waals surface area contributed by atoms with E-state index in [1.54, 1.807) is 6.08 Å². The zero-order chi connectivity index (χ0) is 8.41. The third-order valence-corrected chi connectivity index (χ3v) is 0.673. The van der Waals surface area contributed by atoms with Crippen LogP contribution in [0.2, 0.25) is 0 Å². The first-order valence-corrected chi connectivity index (χ1v) is 3.79. The van der Waals surface area contributed by atoms with Gasteiger partial charge in [-0.2, -0.15) is 0 Å². The molecule has 3 nitrogen and oxygen atoms in total. The lowest BCUT2D eigenvalue weighted by Gasteiger charge is -1.71. The second-order valence-electron chi connectivity index (χ2n) is 1.23. The molecule has 0 rings (SSSR count). The Hall–Kier alpha value is -0.500. The van der Waals surface area contributed by atoms with Gasteiger partial charge in [-0.25, -0.2) is 0 Å². The quantitative estimate of drug-likeness (QED) is 0.511. The lowest BCUT2D eigenvalue weighted by Crippen LogP contribution is -1.75. The molecule has 4 heteroatoms. The fourth-order valence-corrected chi connectivity index (χ4v) is 0.349. The first kappa shape index (κ1) is 12.2. The Morgan fingerprint density at radius 2 is 2.10 bits per heavy atom. The third kappa shape index (κ3) is 25.9. The maximum Gasteiger partial charge on any atom is 0.695 e. The third-order valence-electron chi connectivity index (χ3n) is 0.303. The Labute approximate surface area is 62.0 Å². The standard InChI is InChI=1S/C3H5O3P.C3H6/c1-2-3-6-7(4)5;1-3-2/h2H,1,3H2;3H,1H2,2H3/p+1. The lowest BCUT2D eigenvalue weighted by atomic mass is 10.7. The lowest BCUT2D eigenvalue weighted by molar-refractivity contribution is 0.312. The van der Waals surface area contributed by atoms with Crippen LogP contribution in [-0.2, 0) is 9.09 Å². The van der Waals surface area contributed by atoms with Gasteiger partial charge in [0.2, 0.25) is 0 Å². The van der Waals surface area contributed by atoms with Crippen molar-refractivity contribution in [2.24, 2.45) is 0 Å². The average Bonchev–Trinajstić information content (AvgIpc) is 1.85. The van der Waals surface area contributed by atoms with Crippen molar-refractivity contribution < 1.29 is 14.0 Å². The first-order chi connectivity index (χ1) is 4.68. The molecule has 0 radical (unpaired) electrons. The molecule has 1 atom stereocenters. The molecule has 0 aromatic heterocycles. The van der Waals surface area contributed by atoms with E-state index in [1.165, 1.54) is 6.08 Å². The van der Waals surface area contributed by atoms with E-state index in [4.69, 9.17) is 4.89 Å². The molecular weight excluding hydrogens is 151 g/mol. The van der Waals surface area contributed by atoms with E-state index in [-0.39, 0.29) is 6.61 Å². The minimum Gasteiger partial charge on any atom is -0.133 e. The van der Waals surface area contributed by atoms with Crippen LogP contribution in [-0.4, -0.2) is 11.5 Å². The van der Waals surface area contributed by atoms with Crippen LogP contribution in [0.15, 0.2) is 25.3 Å². The average molecular weight is 163 g/mol. The van der Waals surface area contributed by atoms with E-state index in [1.807, 2.05) is 6.92 Å². The van der Waals surface area contributed by atoms with Gasteiger partial charge in [-0.05, 0) is 6.92 Å². The predicted molar refractivity (Wildman–Crippen MR) is 41.8 cm³/mol. The summed E-state index contributed by atoms with van der Waals surface area (Å²) in [5.41, 5.74) is 0. The minimum absolute atomic E-state index is 0.131. The van der Waals surface area contributed by atoms with Crippen LogP contribution in [0, 0.1) is 0 Å². The van der Waals surface area contributed by atoms with Crippen LogP contribution in [0.5, 0.6) is 0 Å². The highest BCUT2D eigenvalue weighted by Gasteiger charge is 2.07. The predicted octanol–water partition coefficient (Wildman–Crippen LogP) is 2.03. The summed E-state index contributed by atoms with van der Waals surface area (Å²) in [6, 6.07) is 0. The van der Waals surface area contributed by atoms with Gasteiger partial charge in [0.05, 0.1) is 0 Å². The van der Waals surface area contributed by atoms with Crippen molar-refractivity contribution in [2.45, 2.75) is 6.92 Å². The van der Waals surface area contributed by atoms with Crippen LogP contribution < -0.4 is 0 Å². The van der Waals surface area contributed by atoms with Gasteiger partial charge in [0.1, 0.15) is 6.61 Å². The van der Waals surface area contributed by atoms with Crippen LogP contribution in [0.25, 0.3) is 0 Å². The normalized spacial score (nSPS) is 8.80. The Bertz CT molecular complexity index is 112. The van der Waals surface area contributed by atoms with Gasteiger partial charge in [0, 0.05) is 4.57 Å². The second kappa shape index (κ2) is 11.3. The topological polar surface area (TPSA) is 46.5 Å². The zero-order valence-corrected chi connectivity index (χ0v) is 6.88. The number of hydrogen-bond donors (Lipinski definition) is 1. The summed E-state index contributed by atoms with van der Waals surface area (Å²) in [5, 5.41) is 0. The fourth-order valence-electron chi connectivity index (χ4n) is 0.116. The van der Waals surface area contributed by atoms with Gasteiger partial charge in [-0.1, -0.05) is 12.2 Å². The van der Waals surface area contributed by atoms with Crippen molar-refractivity contribution in [3.63, 3.8) is 0 Å². The highest BCUT2D eigenvalue weighted by Crippen LogP contribution is 2.12. The van der Waals surface area contributed by atoms with E-state index in [2.05, 4.69) is 17.7 Å². The largest absolute Gasteiger partial charge is 0.695 e. The highest BCUT2D eigenvalue weighted by molar-refractivity contribution is 7.32. The van der Waals surface area contributed by atoms with Crippen LogP contribution in [0.3, 0.4) is 0 Å². The van der Waals surface area contributed by atoms with Gasteiger partial charge in [0.25, 0.3) is 0 Å². The van der Waals surface area contributed by atoms with Gasteiger partial charge >= 0.3 is 8.25 Å². The fraction of sp³-hybridized carbons (Fsp3) is 0.333. The molecule has 0 saturated heterocycles. The van der Waals surface area contributed by atoms with Gasteiger partial charge in [0.15, 0.2) is 0 Å². The molecule has 58 valence electrons. The molecule has 0 saturated carbocycles. The summed E-state index contributed by atoms with van der Waals surface area (Å²) in [4.78, 5) is 7.92. The number of hydrogen-bond acceptors (Lipinski definition) is 2. The van der Waals surface area contributed by atoms with Crippen LogP contribution in [0.4, 0.5) is 0 Å². The van der Waals surface area contributed by atoms with Crippen molar-refractivity contribution in [3.05, 3.63) is 25.3 Å². The van der Waals surface area contributed by atoms with E-state index < -0.39 is 8.25 Å². The molecule has 0 amide bonds. The summed E-state index contributed by atoms with van der Waals surface area (Å²) in [6.45, 7) is 8.65. The molecular formula is C6H12O3P+. The molecule has 0 aromatic carbocycles. The zero-order valence-electron chi connectivity index (χ0n) is 5.99. The number of rotatable bonds is 3. The van der Waals surface area contributed by atoms with Gasteiger partial charge in [-0.15, -0.1) is 22.6 Å². The van der Waals surface area contributed by atoms with Crippen molar-refractivity contribution in [3.8, 4) is 0 Å². The van der Waals surface area contributed by atoms with E-state index >= 15 is 0 Å². The van der Waals surface area contributed by atoms with Crippen molar-refractivity contribution >= 4 is 8.25 Å². The first-order valence-electron chi connectivity index (χ1n) is 2.66. The second-order valence-corrected chi connectivity index (χ2v) is 1.96. The van der Waals surface area contributed by atoms with Crippen molar-refractivity contribution in [2.75, 3.05) is 6.61 Å². The Balaban J connectivity index is 0. The summed E-state index contributed by atoms with van der Waals surface area (Å²) in [5.74, 6) is 0. The Morgan fingerprint density at radius 1 is 1.70 bits per heavy atom. The Morgan fingerprint density at radius 3 is 2.20 bits per heavy atom. The maximum absolute atomic E-state index is 9.64. The summed E-state index contributed by atoms with van der Waals surface area (Å²) in [7, 11) is -2.43. The molecule has 0 aliphatic rings. The van der Waals surface area contributed by atoms with Crippen LogP contribution >= 0.6 is 8.25 Å². The Kier molecular flexibility index (Phi) is 13.8. The molecule has 1 N–H and O–H groups in total. The van der Waals surface area contributed by atoms with Crippen molar-refractivity contribution in [1.29, 1.82) is 0 Å². The number of allylic oxidation sites excluding steroid dienone is 1. The monoisotopic (exact) mass is 163 g/mol. The van der Waals surface area contributed by atoms with Gasteiger partial charge < -0.3 is 0 Å². The molecule has 10 heavy (non-hydrogen) atoms. The summed E-state index contributed by atoms with van der Waals surface area (Å²) >= 11 is 0. The summed E-state index contributed by atoms with van der Waals surface area (Å²) < 4.78 is 13.8. The smallest absolute Gasteiger partial charge is 0.133 e. The van der Waals surface area contributed by atoms with E-state index in [0.29, 0.717) is 0 Å². The van der Waals surface area contributed by atoms with E-state index in [9.17, 15) is 4.57 Å². The molecule has 0 aliphatic heterocycles. The highest BCUT2D eigenvalue weighted by atomic mass is 31.1. The van der Waals surface area contributed by atoms with Crippen molar-refractivity contribution in [1.82, 2.24) is 0 Å². The molecule has 0 heterocycles.